The fourth-order valence-electron chi connectivity index (χ4n) is 8.36. The second kappa shape index (κ2) is 75.5. The van der Waals surface area contributed by atoms with Crippen LogP contribution in [-0.2, 0) is 0 Å². The summed E-state index contributed by atoms with van der Waals surface area (Å²) in [5.74, 6) is 6.86. The minimum Gasteiger partial charge on any atom is -0.467 e. The maximum absolute atomic E-state index is 5.08. The lowest BCUT2D eigenvalue weighted by Gasteiger charge is -2.05. The Morgan fingerprint density at radius 3 is 0.883 bits per heavy atom. The average Bonchev–Trinajstić information content (AvgIpc) is 1.43. The van der Waals surface area contributed by atoms with Crippen LogP contribution in [-0.4, -0.2) is 74.8 Å². The topological polar surface area (TPSA) is 206 Å². The average molecular weight is 1540 g/mol. The van der Waals surface area contributed by atoms with Crippen molar-refractivity contribution in [2.24, 2.45) is 0 Å². The molecule has 0 atom stereocenters. The smallest absolute Gasteiger partial charge is 0.129 e. The molecule has 16 nitrogen and oxygen atoms in total. The number of furan rings is 1. The quantitative estimate of drug-likeness (QED) is 0.129. The van der Waals surface area contributed by atoms with Crippen molar-refractivity contribution >= 4 is 43.8 Å². The number of nitrogens with zero attached hydrogens (tertiary/aromatic N) is 15. The van der Waals surface area contributed by atoms with E-state index < -0.39 is 0 Å². The number of benzene rings is 4. The van der Waals surface area contributed by atoms with Crippen LogP contribution in [0.1, 0.15) is 257 Å². The van der Waals surface area contributed by atoms with E-state index in [1.54, 1.807) is 43.5 Å². The summed E-state index contributed by atoms with van der Waals surface area (Å²) in [4.78, 5) is 63.4. The van der Waals surface area contributed by atoms with Crippen molar-refractivity contribution in [3.05, 3.63) is 277 Å². The maximum atomic E-state index is 5.08. The molecule has 0 fully saturated rings. The summed E-state index contributed by atoms with van der Waals surface area (Å²) in [6.07, 6.45) is 12.1. The van der Waals surface area contributed by atoms with E-state index in [-0.39, 0.29) is 0 Å². The lowest BCUT2D eigenvalue weighted by molar-refractivity contribution is 0.504. The minimum absolute atomic E-state index is 0.792. The molecule has 9 aromatic heterocycles. The second-order valence-electron chi connectivity index (χ2n) is 21.6. The highest BCUT2D eigenvalue weighted by atomic mass is 32.1. The summed E-state index contributed by atoms with van der Waals surface area (Å²) < 4.78 is 5.08. The molecule has 111 heavy (non-hydrogen) atoms. The van der Waals surface area contributed by atoms with Crippen LogP contribution in [0.25, 0.3) is 32.4 Å². The molecule has 9 heterocycles. The van der Waals surface area contributed by atoms with Gasteiger partial charge < -0.3 is 4.42 Å². The molecule has 0 saturated carbocycles. The van der Waals surface area contributed by atoms with E-state index in [1.807, 2.05) is 322 Å². The maximum Gasteiger partial charge on any atom is 0.129 e. The molecule has 0 aliphatic carbocycles. The number of hydrogen-bond donors (Lipinski definition) is 0. The minimum atomic E-state index is 0.792. The molecule has 17 heteroatoms. The van der Waals surface area contributed by atoms with Gasteiger partial charge in [-0.1, -0.05) is 216 Å². The lowest BCUT2D eigenvalue weighted by Crippen LogP contribution is -1.97. The van der Waals surface area contributed by atoms with E-state index in [2.05, 4.69) is 163 Å². The van der Waals surface area contributed by atoms with Crippen LogP contribution in [0.2, 0.25) is 0 Å². The Morgan fingerprint density at radius 2 is 0.613 bits per heavy atom. The highest BCUT2D eigenvalue weighted by Crippen LogP contribution is 2.27. The summed E-state index contributed by atoms with van der Waals surface area (Å²) in [5.41, 5.74) is 12.7. The Bertz CT molecular complexity index is 3860. The molecule has 13 rings (SSSR count). The molecule has 0 radical (unpaired) electrons. The third-order valence-corrected chi connectivity index (χ3v) is 13.2. The molecule has 0 unspecified atom stereocenters. The Morgan fingerprint density at radius 1 is 0.252 bits per heavy atom. The van der Waals surface area contributed by atoms with Crippen LogP contribution in [0, 0.1) is 145 Å². The molecule has 0 spiro atoms. The van der Waals surface area contributed by atoms with Crippen LogP contribution in [0.5, 0.6) is 0 Å². The molecule has 612 valence electrons. The van der Waals surface area contributed by atoms with Gasteiger partial charge in [0.05, 0.1) is 28.3 Å². The summed E-state index contributed by atoms with van der Waals surface area (Å²) in [6, 6.07) is 39.7. The van der Waals surface area contributed by atoms with E-state index in [4.69, 9.17) is 4.42 Å². The van der Waals surface area contributed by atoms with Crippen molar-refractivity contribution in [1.82, 2.24) is 74.8 Å². The van der Waals surface area contributed by atoms with Gasteiger partial charge in [-0.05, 0) is 215 Å². The Hall–Kier alpha value is -9.87. The Kier molecular flexibility index (Phi) is 77.9. The van der Waals surface area contributed by atoms with Crippen molar-refractivity contribution in [1.29, 1.82) is 0 Å². The van der Waals surface area contributed by atoms with Gasteiger partial charge in [0.2, 0.25) is 0 Å². The Labute approximate surface area is 680 Å². The number of thiophene rings is 1. The van der Waals surface area contributed by atoms with Gasteiger partial charge in [-0.25, -0.2) is 54.8 Å². The first-order valence-corrected chi connectivity index (χ1v) is 40.6. The summed E-state index contributed by atoms with van der Waals surface area (Å²) in [7, 11) is 0. The van der Waals surface area contributed by atoms with Crippen molar-refractivity contribution in [3.63, 3.8) is 0 Å². The molecule has 0 aliphatic heterocycles. The molecule has 0 amide bonds. The van der Waals surface area contributed by atoms with E-state index in [0.717, 1.165) is 109 Å². The number of hydrogen-bond acceptors (Lipinski definition) is 17. The van der Waals surface area contributed by atoms with Crippen LogP contribution in [0.3, 0.4) is 0 Å². The highest BCUT2D eigenvalue weighted by Gasteiger charge is 2.02. The van der Waals surface area contributed by atoms with Gasteiger partial charge in [0.1, 0.15) is 52.8 Å². The summed E-state index contributed by atoms with van der Waals surface area (Å²) >= 11 is 1.84. The standard InChI is InChI=1S/C16H14.C10H10N2.C6H9N3.5C6H8N2.C6H8O.C6H8S.10C2H6/c1-11-3-7-15-13(9-11)5-6-14-10-12(2)4-8-16(14)15;1-7-9-5-3-4-6-10(9)12-8(2)11-7;1-4-7-5(2)9-6(3)8-4;1-5-3-8-6(2)4-7-5;1-5-3-7-4-6(2)8-5;1-5-3-6(2)8-4-7-5;2*1-5-3-4-7-6(2)8-5;2*1-5-3-4-6(2)7-5;10*1-2/h3-10H,1-2H3;3-6H,1-2H3;1-3H3;5*3-4H,1-2H3;2*3-4H,1-2H3;10*1-2H3. The van der Waals surface area contributed by atoms with Crippen LogP contribution in [0.4, 0.5) is 0 Å². The number of rotatable bonds is 0. The van der Waals surface area contributed by atoms with E-state index in [9.17, 15) is 0 Å². The molecule has 0 saturated heterocycles. The van der Waals surface area contributed by atoms with E-state index in [0.29, 0.717) is 0 Å². The SMILES string of the molecule is CC.CC.CC.CC.CC.CC.CC.CC.CC.CC.Cc1cc(C)ncn1.Cc1ccc(C)o1.Cc1ccc(C)s1.Cc1ccc2c(ccc3cc(C)ccc32)c1.Cc1ccnc(C)n1.Cc1ccnc(C)n1.Cc1cnc(C)cn1.Cc1cncc(C)n1.Cc1nc(C)c2ccccc2n1.Cc1nc(C)nc(C)n1. The molecule has 13 aromatic rings. The number of aromatic nitrogens is 15. The molecule has 0 aliphatic rings. The van der Waals surface area contributed by atoms with Crippen LogP contribution in [0.15, 0.2) is 163 Å². The van der Waals surface area contributed by atoms with Crippen molar-refractivity contribution in [2.75, 3.05) is 0 Å². The van der Waals surface area contributed by atoms with Crippen LogP contribution < -0.4 is 0 Å². The van der Waals surface area contributed by atoms with Crippen molar-refractivity contribution in [3.8, 4) is 0 Å². The van der Waals surface area contributed by atoms with Gasteiger partial charge in [0, 0.05) is 80.8 Å². The third-order valence-electron chi connectivity index (χ3n) is 12.3. The zero-order valence-corrected chi connectivity index (χ0v) is 77.9. The van der Waals surface area contributed by atoms with Gasteiger partial charge in [-0.2, -0.15) is 0 Å². The van der Waals surface area contributed by atoms with Gasteiger partial charge >= 0.3 is 0 Å². The predicted molar refractivity (Wildman–Crippen MR) is 487 cm³/mol. The first kappa shape index (κ1) is 114. The molecule has 0 N–H and O–H groups in total. The van der Waals surface area contributed by atoms with Crippen LogP contribution >= 0.6 is 11.3 Å². The third kappa shape index (κ3) is 58.7. The normalized spacial score (nSPS) is 8.59. The molecular formula is C94H149N15OS. The van der Waals surface area contributed by atoms with Gasteiger partial charge in [0.15, 0.2) is 0 Å². The number of fused-ring (bicyclic) bond motifs is 4. The molecular weight excluding hydrogens is 1390 g/mol. The van der Waals surface area contributed by atoms with E-state index in [1.165, 1.54) is 42.4 Å². The monoisotopic (exact) mass is 1540 g/mol. The van der Waals surface area contributed by atoms with Gasteiger partial charge in [-0.3, -0.25) is 19.9 Å². The predicted octanol–water partition coefficient (Wildman–Crippen LogP) is 27.6. The number of para-hydroxylation sites is 1. The fourth-order valence-corrected chi connectivity index (χ4v) is 9.14. The number of aryl methyl sites for hydroxylation is 21. The first-order valence-electron chi connectivity index (χ1n) is 39.8. The van der Waals surface area contributed by atoms with E-state index >= 15 is 0 Å². The van der Waals surface area contributed by atoms with Gasteiger partial charge in [0.25, 0.3) is 0 Å². The first-order chi connectivity index (χ1) is 53.2. The lowest BCUT2D eigenvalue weighted by atomic mass is 9.99. The second-order valence-corrected chi connectivity index (χ2v) is 23.1. The molecule has 0 bridgehead atoms. The fraction of sp³-hybridized carbons (Fsp3) is 0.436. The van der Waals surface area contributed by atoms with Crippen molar-refractivity contribution in [2.45, 2.75) is 284 Å². The summed E-state index contributed by atoms with van der Waals surface area (Å²) in [6.45, 7) is 81.2. The zero-order valence-electron chi connectivity index (χ0n) is 77.0. The van der Waals surface area contributed by atoms with Crippen molar-refractivity contribution < 1.29 is 4.42 Å². The Balaban J connectivity index is -0.000000213. The largest absolute Gasteiger partial charge is 0.467 e. The van der Waals surface area contributed by atoms with Gasteiger partial charge in [-0.15, -0.1) is 11.3 Å². The highest BCUT2D eigenvalue weighted by molar-refractivity contribution is 7.11. The molecule has 4 aromatic carbocycles. The summed E-state index contributed by atoms with van der Waals surface area (Å²) in [5, 5.41) is 6.50. The zero-order chi connectivity index (χ0) is 87.0.